The van der Waals surface area contributed by atoms with E-state index in [4.69, 9.17) is 17.3 Å². The largest absolute Gasteiger partial charge is 0.389 e. The van der Waals surface area contributed by atoms with Crippen molar-refractivity contribution in [1.82, 2.24) is 0 Å². The van der Waals surface area contributed by atoms with E-state index in [1.54, 1.807) is 25.1 Å². The van der Waals surface area contributed by atoms with Gasteiger partial charge < -0.3 is 5.73 Å². The summed E-state index contributed by atoms with van der Waals surface area (Å²) in [5.74, 6) is 0. The molecule has 0 radical (unpaired) electrons. The molecule has 0 aliphatic rings. The maximum absolute atomic E-state index is 12.0. The molecule has 0 aromatic heterocycles. The topological polar surface area (TPSA) is 26.0 Å². The lowest BCUT2D eigenvalue weighted by molar-refractivity contribution is -0.136. The molecule has 0 spiro atoms. The Labute approximate surface area is 110 Å². The Morgan fingerprint density at radius 1 is 1.35 bits per heavy atom. The van der Waals surface area contributed by atoms with Crippen molar-refractivity contribution in [2.24, 2.45) is 5.73 Å². The van der Waals surface area contributed by atoms with Crippen LogP contribution >= 0.6 is 24.0 Å². The van der Waals surface area contributed by atoms with Gasteiger partial charge in [0.2, 0.25) is 0 Å². The molecule has 0 aliphatic carbocycles. The van der Waals surface area contributed by atoms with Crippen LogP contribution in [0.1, 0.15) is 30.0 Å². The Morgan fingerprint density at radius 3 is 2.41 bits per heavy atom. The van der Waals surface area contributed by atoms with E-state index in [2.05, 4.69) is 0 Å². The zero-order valence-corrected chi connectivity index (χ0v) is 10.8. The summed E-state index contributed by atoms with van der Waals surface area (Å²) in [6, 6.07) is 4.42. The number of benzene rings is 1. The molecule has 1 nitrogen and oxygen atoms in total. The van der Waals surface area contributed by atoms with Gasteiger partial charge in [0.15, 0.2) is 0 Å². The number of aryl methyl sites for hydroxylation is 1. The first kappa shape index (κ1) is 16.6. The van der Waals surface area contributed by atoms with Crippen molar-refractivity contribution < 1.29 is 13.2 Å². The van der Waals surface area contributed by atoms with Crippen LogP contribution in [-0.2, 0) is 0 Å². The van der Waals surface area contributed by atoms with Crippen LogP contribution in [0.2, 0.25) is 5.02 Å². The normalized spacial score (nSPS) is 13.1. The smallest absolute Gasteiger partial charge is 0.324 e. The fraction of sp³-hybridized carbons (Fsp3) is 0.455. The van der Waals surface area contributed by atoms with Crippen molar-refractivity contribution in [3.63, 3.8) is 0 Å². The molecule has 17 heavy (non-hydrogen) atoms. The molecule has 0 bridgehead atoms. The summed E-state index contributed by atoms with van der Waals surface area (Å²) in [6.07, 6.45) is -5.12. The van der Waals surface area contributed by atoms with Gasteiger partial charge in [-0.25, -0.2) is 0 Å². The Morgan fingerprint density at radius 2 is 1.94 bits per heavy atom. The van der Waals surface area contributed by atoms with Gasteiger partial charge in [-0.3, -0.25) is 0 Å². The summed E-state index contributed by atoms with van der Waals surface area (Å²) in [5.41, 5.74) is 7.25. The number of hydrogen-bond donors (Lipinski definition) is 1. The minimum Gasteiger partial charge on any atom is -0.324 e. The van der Waals surface area contributed by atoms with Crippen molar-refractivity contribution in [2.45, 2.75) is 32.0 Å². The molecule has 2 N–H and O–H groups in total. The standard InChI is InChI=1S/C11H13ClF3N.ClH/c1-7-6-8(12)2-3-9(7)10(16)4-5-11(13,14)15;/h2-3,6,10H,4-5,16H2,1H3;1H/t10-;/m0./s1. The molecule has 98 valence electrons. The summed E-state index contributed by atoms with van der Waals surface area (Å²) in [4.78, 5) is 0. The molecular weight excluding hydrogens is 274 g/mol. The Bertz CT molecular complexity index is 366. The minimum absolute atomic E-state index is 0. The van der Waals surface area contributed by atoms with Crippen molar-refractivity contribution in [1.29, 1.82) is 0 Å². The fourth-order valence-electron chi connectivity index (χ4n) is 1.53. The van der Waals surface area contributed by atoms with Crippen LogP contribution in [0.3, 0.4) is 0 Å². The molecular formula is C11H14Cl2F3N. The maximum Gasteiger partial charge on any atom is 0.389 e. The van der Waals surface area contributed by atoms with Gasteiger partial charge in [0.25, 0.3) is 0 Å². The van der Waals surface area contributed by atoms with E-state index in [1.165, 1.54) is 0 Å². The third kappa shape index (κ3) is 5.61. The van der Waals surface area contributed by atoms with Crippen molar-refractivity contribution in [3.05, 3.63) is 34.3 Å². The quantitative estimate of drug-likeness (QED) is 0.875. The van der Waals surface area contributed by atoms with E-state index in [0.29, 0.717) is 10.6 Å². The van der Waals surface area contributed by atoms with E-state index in [9.17, 15) is 13.2 Å². The summed E-state index contributed by atoms with van der Waals surface area (Å²) in [6.45, 7) is 1.79. The van der Waals surface area contributed by atoms with Crippen molar-refractivity contribution >= 4 is 24.0 Å². The average Bonchev–Trinajstić information content (AvgIpc) is 2.13. The highest BCUT2D eigenvalue weighted by atomic mass is 35.5. The second kappa shape index (κ2) is 6.47. The maximum atomic E-state index is 12.0. The highest BCUT2D eigenvalue weighted by Gasteiger charge is 2.28. The first-order chi connectivity index (χ1) is 7.29. The molecule has 0 saturated heterocycles. The van der Waals surface area contributed by atoms with E-state index in [1.807, 2.05) is 0 Å². The third-order valence-corrected chi connectivity index (χ3v) is 2.61. The van der Waals surface area contributed by atoms with Gasteiger partial charge >= 0.3 is 6.18 Å². The summed E-state index contributed by atoms with van der Waals surface area (Å²) >= 11 is 5.75. The second-order valence-electron chi connectivity index (χ2n) is 3.76. The van der Waals surface area contributed by atoms with E-state index in [-0.39, 0.29) is 18.8 Å². The van der Waals surface area contributed by atoms with E-state index in [0.717, 1.165) is 5.56 Å². The van der Waals surface area contributed by atoms with Gasteiger partial charge in [0.05, 0.1) is 0 Å². The fourth-order valence-corrected chi connectivity index (χ4v) is 1.76. The molecule has 0 saturated carbocycles. The monoisotopic (exact) mass is 287 g/mol. The molecule has 6 heteroatoms. The molecule has 0 amide bonds. The third-order valence-electron chi connectivity index (χ3n) is 2.37. The summed E-state index contributed by atoms with van der Waals surface area (Å²) in [5, 5.41) is 0.560. The SMILES string of the molecule is Cc1cc(Cl)ccc1[C@@H](N)CCC(F)(F)F.Cl. The van der Waals surface area contributed by atoms with Gasteiger partial charge in [-0.2, -0.15) is 13.2 Å². The lowest BCUT2D eigenvalue weighted by Gasteiger charge is -2.16. The predicted octanol–water partition coefficient (Wildman–Crippen LogP) is 4.41. The molecule has 1 rings (SSSR count). The van der Waals surface area contributed by atoms with Gasteiger partial charge in [-0.15, -0.1) is 12.4 Å². The summed E-state index contributed by atoms with van der Waals surface area (Å²) < 4.78 is 36.1. The van der Waals surface area contributed by atoms with Crippen molar-refractivity contribution in [3.8, 4) is 0 Å². The van der Waals surface area contributed by atoms with Crippen LogP contribution in [0.4, 0.5) is 13.2 Å². The zero-order chi connectivity index (χ0) is 12.3. The average molecular weight is 288 g/mol. The zero-order valence-electron chi connectivity index (χ0n) is 9.22. The van der Waals surface area contributed by atoms with Gasteiger partial charge in [-0.1, -0.05) is 17.7 Å². The molecule has 0 unspecified atom stereocenters. The van der Waals surface area contributed by atoms with Gasteiger partial charge in [0, 0.05) is 17.5 Å². The highest BCUT2D eigenvalue weighted by molar-refractivity contribution is 6.30. The molecule has 0 fully saturated rings. The second-order valence-corrected chi connectivity index (χ2v) is 4.20. The van der Waals surface area contributed by atoms with E-state index >= 15 is 0 Å². The molecule has 1 aromatic rings. The molecule has 1 atom stereocenters. The van der Waals surface area contributed by atoms with Crippen LogP contribution in [0.15, 0.2) is 18.2 Å². The molecule has 0 heterocycles. The van der Waals surface area contributed by atoms with Crippen LogP contribution < -0.4 is 5.73 Å². The van der Waals surface area contributed by atoms with Gasteiger partial charge in [0.1, 0.15) is 0 Å². The summed E-state index contributed by atoms with van der Waals surface area (Å²) in [7, 11) is 0. The number of hydrogen-bond acceptors (Lipinski definition) is 1. The lowest BCUT2D eigenvalue weighted by Crippen LogP contribution is -2.16. The number of alkyl halides is 3. The molecule has 1 aromatic carbocycles. The Balaban J connectivity index is 0.00000256. The Hall–Kier alpha value is -0.450. The highest BCUT2D eigenvalue weighted by Crippen LogP contribution is 2.28. The number of nitrogens with two attached hydrogens (primary N) is 1. The van der Waals surface area contributed by atoms with Crippen LogP contribution in [0.5, 0.6) is 0 Å². The van der Waals surface area contributed by atoms with Crippen LogP contribution in [-0.4, -0.2) is 6.18 Å². The van der Waals surface area contributed by atoms with Gasteiger partial charge in [-0.05, 0) is 36.6 Å². The lowest BCUT2D eigenvalue weighted by atomic mass is 9.98. The Kier molecular flexibility index (Phi) is 6.30. The first-order valence-corrected chi connectivity index (χ1v) is 5.26. The number of halogens is 5. The number of rotatable bonds is 3. The predicted molar refractivity (Wildman–Crippen MR) is 65.7 cm³/mol. The van der Waals surface area contributed by atoms with Crippen LogP contribution in [0, 0.1) is 6.92 Å². The van der Waals surface area contributed by atoms with Crippen LogP contribution in [0.25, 0.3) is 0 Å². The minimum atomic E-state index is -4.15. The van der Waals surface area contributed by atoms with E-state index < -0.39 is 18.6 Å². The molecule has 0 aliphatic heterocycles. The van der Waals surface area contributed by atoms with Crippen molar-refractivity contribution in [2.75, 3.05) is 0 Å². The first-order valence-electron chi connectivity index (χ1n) is 4.88.